The summed E-state index contributed by atoms with van der Waals surface area (Å²) in [5.74, 6) is 0.939. The van der Waals surface area contributed by atoms with Crippen molar-refractivity contribution in [3.05, 3.63) is 65.5 Å². The molecule has 1 fully saturated rings. The van der Waals surface area contributed by atoms with Crippen molar-refractivity contribution < 1.29 is 9.59 Å². The first kappa shape index (κ1) is 17.3. The van der Waals surface area contributed by atoms with Crippen LogP contribution in [0.2, 0.25) is 0 Å². The second-order valence-corrected chi connectivity index (χ2v) is 6.83. The van der Waals surface area contributed by atoms with Crippen molar-refractivity contribution in [2.24, 2.45) is 0 Å². The zero-order valence-corrected chi connectivity index (χ0v) is 15.1. The quantitative estimate of drug-likeness (QED) is 0.708. The number of hydrogen-bond donors (Lipinski definition) is 2. The van der Waals surface area contributed by atoms with E-state index in [1.54, 1.807) is 6.07 Å². The van der Waals surface area contributed by atoms with E-state index in [1.165, 1.54) is 0 Å². The summed E-state index contributed by atoms with van der Waals surface area (Å²) in [6, 6.07) is 15.4. The molecule has 6 heteroatoms. The van der Waals surface area contributed by atoms with Gasteiger partial charge in [0.05, 0.1) is 11.0 Å². The minimum absolute atomic E-state index is 0.110. The maximum absolute atomic E-state index is 12.4. The van der Waals surface area contributed by atoms with Crippen LogP contribution >= 0.6 is 0 Å². The van der Waals surface area contributed by atoms with E-state index in [0.29, 0.717) is 31.5 Å². The van der Waals surface area contributed by atoms with Gasteiger partial charge in [0, 0.05) is 38.0 Å². The van der Waals surface area contributed by atoms with E-state index in [-0.39, 0.29) is 11.8 Å². The molecule has 2 aromatic carbocycles. The van der Waals surface area contributed by atoms with Crippen LogP contribution in [0.25, 0.3) is 11.0 Å². The Morgan fingerprint density at radius 2 is 2.07 bits per heavy atom. The van der Waals surface area contributed by atoms with Crippen molar-refractivity contribution in [3.8, 4) is 0 Å². The molecular weight excluding hydrogens is 340 g/mol. The molecule has 0 unspecified atom stereocenters. The minimum Gasteiger partial charge on any atom is -0.352 e. The van der Waals surface area contributed by atoms with Gasteiger partial charge in [0.25, 0.3) is 5.91 Å². The lowest BCUT2D eigenvalue weighted by atomic mass is 10.1. The van der Waals surface area contributed by atoms with E-state index in [2.05, 4.69) is 15.3 Å². The lowest BCUT2D eigenvalue weighted by molar-refractivity contribution is -0.128. The highest BCUT2D eigenvalue weighted by atomic mass is 16.2. The van der Waals surface area contributed by atoms with Gasteiger partial charge in [0.2, 0.25) is 5.91 Å². The van der Waals surface area contributed by atoms with Crippen LogP contribution in [0.1, 0.15) is 34.6 Å². The van der Waals surface area contributed by atoms with Crippen molar-refractivity contribution in [3.63, 3.8) is 0 Å². The Kier molecular flexibility index (Phi) is 4.87. The molecule has 0 spiro atoms. The van der Waals surface area contributed by atoms with Crippen molar-refractivity contribution in [1.29, 1.82) is 0 Å². The van der Waals surface area contributed by atoms with Crippen molar-refractivity contribution >= 4 is 22.8 Å². The number of likely N-dealkylation sites (tertiary alicyclic amines) is 1. The Hall–Kier alpha value is -3.15. The summed E-state index contributed by atoms with van der Waals surface area (Å²) in [6.07, 6.45) is 2.19. The van der Waals surface area contributed by atoms with Crippen molar-refractivity contribution in [2.45, 2.75) is 25.8 Å². The summed E-state index contributed by atoms with van der Waals surface area (Å²) in [5.41, 5.74) is 3.53. The van der Waals surface area contributed by atoms with Gasteiger partial charge < -0.3 is 15.2 Å². The van der Waals surface area contributed by atoms with Gasteiger partial charge in [-0.2, -0.15) is 0 Å². The Morgan fingerprint density at radius 1 is 1.19 bits per heavy atom. The van der Waals surface area contributed by atoms with Gasteiger partial charge >= 0.3 is 0 Å². The second-order valence-electron chi connectivity index (χ2n) is 6.83. The van der Waals surface area contributed by atoms with E-state index in [4.69, 9.17) is 0 Å². The van der Waals surface area contributed by atoms with E-state index in [1.807, 2.05) is 47.4 Å². The van der Waals surface area contributed by atoms with Gasteiger partial charge in [0.15, 0.2) is 0 Å². The number of amides is 2. The summed E-state index contributed by atoms with van der Waals surface area (Å²) < 4.78 is 0. The molecule has 2 amide bonds. The highest BCUT2D eigenvalue weighted by molar-refractivity contribution is 5.94. The normalized spacial score (nSPS) is 14.1. The SMILES string of the molecule is O=C(NCCc1nc2ccccc2[nH]1)c1cccc(CN2CCCC2=O)c1. The number of benzene rings is 2. The number of fused-ring (bicyclic) bond motifs is 1. The highest BCUT2D eigenvalue weighted by Gasteiger charge is 2.20. The average molecular weight is 362 g/mol. The molecule has 2 heterocycles. The Bertz CT molecular complexity index is 946. The molecule has 1 aliphatic rings. The second kappa shape index (κ2) is 7.61. The fraction of sp³-hybridized carbons (Fsp3) is 0.286. The number of para-hydroxylation sites is 2. The molecule has 2 N–H and O–H groups in total. The monoisotopic (exact) mass is 362 g/mol. The van der Waals surface area contributed by atoms with Crippen molar-refractivity contribution in [1.82, 2.24) is 20.2 Å². The molecule has 0 saturated carbocycles. The van der Waals surface area contributed by atoms with Crippen LogP contribution in [-0.2, 0) is 17.8 Å². The third kappa shape index (κ3) is 4.00. The van der Waals surface area contributed by atoms with Crippen LogP contribution in [-0.4, -0.2) is 39.8 Å². The van der Waals surface area contributed by atoms with Crippen LogP contribution in [0.3, 0.4) is 0 Å². The lowest BCUT2D eigenvalue weighted by Crippen LogP contribution is -2.27. The number of nitrogens with one attached hydrogen (secondary N) is 2. The molecule has 0 radical (unpaired) electrons. The largest absolute Gasteiger partial charge is 0.352 e. The van der Waals surface area contributed by atoms with Crippen LogP contribution in [0, 0.1) is 0 Å². The fourth-order valence-electron chi connectivity index (χ4n) is 3.42. The number of H-pyrrole nitrogens is 1. The topological polar surface area (TPSA) is 78.1 Å². The molecule has 0 atom stereocenters. The predicted octanol–water partition coefficient (Wildman–Crippen LogP) is 2.66. The third-order valence-electron chi connectivity index (χ3n) is 4.82. The first-order valence-corrected chi connectivity index (χ1v) is 9.27. The van der Waals surface area contributed by atoms with E-state index < -0.39 is 0 Å². The highest BCUT2D eigenvalue weighted by Crippen LogP contribution is 2.15. The molecule has 27 heavy (non-hydrogen) atoms. The van der Waals surface area contributed by atoms with Crippen LogP contribution in [0.15, 0.2) is 48.5 Å². The van der Waals surface area contributed by atoms with Crippen LogP contribution < -0.4 is 5.32 Å². The molecule has 3 aromatic rings. The van der Waals surface area contributed by atoms with E-state index in [0.717, 1.165) is 35.4 Å². The van der Waals surface area contributed by atoms with Gasteiger partial charge in [-0.3, -0.25) is 9.59 Å². The van der Waals surface area contributed by atoms with Crippen molar-refractivity contribution in [2.75, 3.05) is 13.1 Å². The fourth-order valence-corrected chi connectivity index (χ4v) is 3.42. The number of carbonyl (C=O) groups excluding carboxylic acids is 2. The van der Waals surface area contributed by atoms with Gasteiger partial charge in [0.1, 0.15) is 5.82 Å². The number of rotatable bonds is 6. The van der Waals surface area contributed by atoms with Crippen LogP contribution in [0.5, 0.6) is 0 Å². The number of aromatic amines is 1. The number of carbonyl (C=O) groups is 2. The molecule has 4 rings (SSSR count). The molecule has 1 aliphatic heterocycles. The summed E-state index contributed by atoms with van der Waals surface area (Å²) in [7, 11) is 0. The average Bonchev–Trinajstić information content (AvgIpc) is 3.27. The molecule has 1 aromatic heterocycles. The maximum Gasteiger partial charge on any atom is 0.251 e. The first-order valence-electron chi connectivity index (χ1n) is 9.27. The number of imidazole rings is 1. The summed E-state index contributed by atoms with van der Waals surface area (Å²) in [4.78, 5) is 33.8. The predicted molar refractivity (Wildman–Crippen MR) is 103 cm³/mol. The standard InChI is InChI=1S/C21H22N4O2/c26-20-9-4-12-25(20)14-15-5-3-6-16(13-15)21(27)22-11-10-19-23-17-7-1-2-8-18(17)24-19/h1-3,5-8,13H,4,9-12,14H2,(H,22,27)(H,23,24). The molecule has 1 saturated heterocycles. The lowest BCUT2D eigenvalue weighted by Gasteiger charge is -2.16. The minimum atomic E-state index is -0.110. The van der Waals surface area contributed by atoms with Gasteiger partial charge in [-0.25, -0.2) is 4.98 Å². The summed E-state index contributed by atoms with van der Waals surface area (Å²) in [6.45, 7) is 1.87. The summed E-state index contributed by atoms with van der Waals surface area (Å²) >= 11 is 0. The van der Waals surface area contributed by atoms with Gasteiger partial charge in [-0.1, -0.05) is 24.3 Å². The number of nitrogens with zero attached hydrogens (tertiary/aromatic N) is 2. The van der Waals surface area contributed by atoms with Crippen LogP contribution in [0.4, 0.5) is 0 Å². The molecular formula is C21H22N4O2. The third-order valence-corrected chi connectivity index (χ3v) is 4.82. The number of aromatic nitrogens is 2. The zero-order chi connectivity index (χ0) is 18.6. The zero-order valence-electron chi connectivity index (χ0n) is 15.1. The van der Waals surface area contributed by atoms with Gasteiger partial charge in [-0.15, -0.1) is 0 Å². The number of hydrogen-bond acceptors (Lipinski definition) is 3. The Morgan fingerprint density at radius 3 is 2.89 bits per heavy atom. The Labute approximate surface area is 157 Å². The molecule has 0 aliphatic carbocycles. The van der Waals surface area contributed by atoms with E-state index in [9.17, 15) is 9.59 Å². The molecule has 0 bridgehead atoms. The molecule has 6 nitrogen and oxygen atoms in total. The summed E-state index contributed by atoms with van der Waals surface area (Å²) in [5, 5.41) is 2.94. The van der Waals surface area contributed by atoms with E-state index >= 15 is 0 Å². The Balaban J connectivity index is 1.33. The van der Waals surface area contributed by atoms with Gasteiger partial charge in [-0.05, 0) is 36.2 Å². The first-order chi connectivity index (χ1) is 13.2. The maximum atomic E-state index is 12.4. The molecule has 138 valence electrons. The smallest absolute Gasteiger partial charge is 0.251 e.